The van der Waals surface area contributed by atoms with E-state index in [1.54, 1.807) is 0 Å². The molecule has 11 heavy (non-hydrogen) atoms. The van der Waals surface area contributed by atoms with E-state index < -0.39 is 11.7 Å². The first kappa shape index (κ1) is 9.01. The van der Waals surface area contributed by atoms with Crippen molar-refractivity contribution in [3.05, 3.63) is 0 Å². The van der Waals surface area contributed by atoms with Gasteiger partial charge in [-0.05, 0) is 19.3 Å². The van der Waals surface area contributed by atoms with E-state index in [1.807, 2.05) is 6.92 Å². The lowest BCUT2D eigenvalue weighted by atomic mass is 9.92. The van der Waals surface area contributed by atoms with Crippen LogP contribution < -0.4 is 0 Å². The lowest BCUT2D eigenvalue weighted by Crippen LogP contribution is -2.39. The monoisotopic (exact) mass is 158 g/mol. The van der Waals surface area contributed by atoms with Crippen LogP contribution in [-0.4, -0.2) is 21.9 Å². The van der Waals surface area contributed by atoms with Crippen LogP contribution in [-0.2, 0) is 0 Å². The predicted molar refractivity (Wildman–Crippen MR) is 44.3 cm³/mol. The van der Waals surface area contributed by atoms with Gasteiger partial charge in [-0.2, -0.15) is 0 Å². The van der Waals surface area contributed by atoms with E-state index in [0.29, 0.717) is 0 Å². The van der Waals surface area contributed by atoms with Crippen molar-refractivity contribution in [3.8, 4) is 0 Å². The number of aliphatic hydroxyl groups is 2. The molecule has 66 valence electrons. The van der Waals surface area contributed by atoms with Gasteiger partial charge in [0.1, 0.15) is 0 Å². The van der Waals surface area contributed by atoms with Crippen molar-refractivity contribution < 1.29 is 10.2 Å². The van der Waals surface area contributed by atoms with Crippen LogP contribution in [0.1, 0.15) is 45.4 Å². The molecule has 0 aromatic heterocycles. The predicted octanol–water partition coefficient (Wildman–Crippen LogP) is 1.45. The second kappa shape index (κ2) is 3.55. The molecule has 2 heteroatoms. The van der Waals surface area contributed by atoms with Crippen LogP contribution in [0, 0.1) is 0 Å². The normalized spacial score (nSPS) is 25.4. The van der Waals surface area contributed by atoms with Gasteiger partial charge in [0, 0.05) is 0 Å². The third-order valence-corrected chi connectivity index (χ3v) is 2.65. The highest BCUT2D eigenvalue weighted by Gasteiger charge is 2.37. The molecule has 0 spiro atoms. The zero-order chi connectivity index (χ0) is 8.32. The Bertz CT molecular complexity index is 117. The first-order chi connectivity index (χ1) is 5.19. The highest BCUT2D eigenvalue weighted by molar-refractivity contribution is 4.90. The topological polar surface area (TPSA) is 40.5 Å². The summed E-state index contributed by atoms with van der Waals surface area (Å²) in [6, 6.07) is 0. The van der Waals surface area contributed by atoms with E-state index >= 15 is 0 Å². The van der Waals surface area contributed by atoms with Crippen LogP contribution in [0.5, 0.6) is 0 Å². The zero-order valence-electron chi connectivity index (χ0n) is 7.21. The Hall–Kier alpha value is -0.0800. The Morgan fingerprint density at radius 3 is 2.36 bits per heavy atom. The van der Waals surface area contributed by atoms with E-state index in [9.17, 15) is 10.2 Å². The van der Waals surface area contributed by atoms with Crippen LogP contribution in [0.4, 0.5) is 0 Å². The summed E-state index contributed by atoms with van der Waals surface area (Å²) in [6.07, 6.45) is 4.90. The largest absolute Gasteiger partial charge is 0.390 e. The molecule has 0 bridgehead atoms. The molecule has 1 aliphatic rings. The molecule has 0 radical (unpaired) electrons. The Balaban J connectivity index is 2.42. The molecule has 1 fully saturated rings. The fourth-order valence-electron chi connectivity index (χ4n) is 1.86. The maximum Gasteiger partial charge on any atom is 0.0905 e. The van der Waals surface area contributed by atoms with Gasteiger partial charge in [0.25, 0.3) is 0 Å². The molecule has 2 N–H and O–H groups in total. The molecular formula is C9H18O2. The standard InChI is InChI=1S/C9H18O2/c1-2-5-8(10)9(11)6-3-4-7-9/h8,10-11H,2-7H2,1H3. The molecule has 1 atom stereocenters. The molecule has 0 amide bonds. The van der Waals surface area contributed by atoms with E-state index in [-0.39, 0.29) is 0 Å². The average molecular weight is 158 g/mol. The molecule has 0 heterocycles. The third-order valence-electron chi connectivity index (χ3n) is 2.65. The molecule has 1 unspecified atom stereocenters. The minimum Gasteiger partial charge on any atom is -0.390 e. The quantitative estimate of drug-likeness (QED) is 0.652. The van der Waals surface area contributed by atoms with Gasteiger partial charge in [-0.25, -0.2) is 0 Å². The van der Waals surface area contributed by atoms with E-state index in [2.05, 4.69) is 0 Å². The summed E-state index contributed by atoms with van der Waals surface area (Å²) in [4.78, 5) is 0. The van der Waals surface area contributed by atoms with Gasteiger partial charge in [0.05, 0.1) is 11.7 Å². The summed E-state index contributed by atoms with van der Waals surface area (Å²) in [7, 11) is 0. The van der Waals surface area contributed by atoms with Gasteiger partial charge in [-0.15, -0.1) is 0 Å². The van der Waals surface area contributed by atoms with E-state index in [1.165, 1.54) is 0 Å². The third kappa shape index (κ3) is 1.94. The van der Waals surface area contributed by atoms with Crippen molar-refractivity contribution in [3.63, 3.8) is 0 Å². The minimum atomic E-state index is -0.740. The summed E-state index contributed by atoms with van der Waals surface area (Å²) in [5, 5.41) is 19.4. The highest BCUT2D eigenvalue weighted by atomic mass is 16.3. The van der Waals surface area contributed by atoms with Crippen LogP contribution in [0.15, 0.2) is 0 Å². The van der Waals surface area contributed by atoms with Gasteiger partial charge < -0.3 is 10.2 Å². The molecule has 1 aliphatic carbocycles. The van der Waals surface area contributed by atoms with Crippen LogP contribution >= 0.6 is 0 Å². The fraction of sp³-hybridized carbons (Fsp3) is 1.00. The van der Waals surface area contributed by atoms with Gasteiger partial charge in [0.2, 0.25) is 0 Å². The second-order valence-electron chi connectivity index (χ2n) is 3.62. The Labute approximate surface area is 68.2 Å². The van der Waals surface area contributed by atoms with Crippen LogP contribution in [0.2, 0.25) is 0 Å². The van der Waals surface area contributed by atoms with Crippen molar-refractivity contribution in [1.29, 1.82) is 0 Å². The summed E-state index contributed by atoms with van der Waals surface area (Å²) >= 11 is 0. The maximum atomic E-state index is 9.84. The molecule has 0 saturated heterocycles. The van der Waals surface area contributed by atoms with Crippen LogP contribution in [0.25, 0.3) is 0 Å². The van der Waals surface area contributed by atoms with Gasteiger partial charge in [0.15, 0.2) is 0 Å². The number of hydrogen-bond acceptors (Lipinski definition) is 2. The first-order valence-electron chi connectivity index (χ1n) is 4.59. The molecule has 0 aromatic rings. The van der Waals surface area contributed by atoms with Gasteiger partial charge >= 0.3 is 0 Å². The SMILES string of the molecule is CCCC(O)C1(O)CCCC1. The molecular weight excluding hydrogens is 140 g/mol. The molecule has 1 rings (SSSR count). The molecule has 0 aromatic carbocycles. The van der Waals surface area contributed by atoms with Crippen molar-refractivity contribution >= 4 is 0 Å². The maximum absolute atomic E-state index is 9.84. The van der Waals surface area contributed by atoms with Crippen molar-refractivity contribution in [1.82, 2.24) is 0 Å². The summed E-state index contributed by atoms with van der Waals surface area (Å²) < 4.78 is 0. The second-order valence-corrected chi connectivity index (χ2v) is 3.62. The van der Waals surface area contributed by atoms with Gasteiger partial charge in [-0.1, -0.05) is 26.2 Å². The van der Waals surface area contributed by atoms with Gasteiger partial charge in [-0.3, -0.25) is 0 Å². The molecule has 2 nitrogen and oxygen atoms in total. The summed E-state index contributed by atoms with van der Waals surface area (Å²) in [5.41, 5.74) is -0.740. The summed E-state index contributed by atoms with van der Waals surface area (Å²) in [6.45, 7) is 2.03. The van der Waals surface area contributed by atoms with E-state index in [0.717, 1.165) is 38.5 Å². The number of aliphatic hydroxyl groups excluding tert-OH is 1. The fourth-order valence-corrected chi connectivity index (χ4v) is 1.86. The molecule has 0 aliphatic heterocycles. The number of rotatable bonds is 3. The summed E-state index contributed by atoms with van der Waals surface area (Å²) in [5.74, 6) is 0. The first-order valence-corrected chi connectivity index (χ1v) is 4.59. The lowest BCUT2D eigenvalue weighted by molar-refractivity contribution is -0.0730. The smallest absolute Gasteiger partial charge is 0.0905 e. The average Bonchev–Trinajstić information content (AvgIpc) is 2.38. The Morgan fingerprint density at radius 1 is 1.36 bits per heavy atom. The highest BCUT2D eigenvalue weighted by Crippen LogP contribution is 2.33. The van der Waals surface area contributed by atoms with Crippen molar-refractivity contribution in [2.75, 3.05) is 0 Å². The molecule has 1 saturated carbocycles. The van der Waals surface area contributed by atoms with Crippen LogP contribution in [0.3, 0.4) is 0 Å². The lowest BCUT2D eigenvalue weighted by Gasteiger charge is -2.28. The zero-order valence-corrected chi connectivity index (χ0v) is 7.21. The number of hydrogen-bond donors (Lipinski definition) is 2. The van der Waals surface area contributed by atoms with Crippen molar-refractivity contribution in [2.45, 2.75) is 57.2 Å². The Morgan fingerprint density at radius 2 is 1.91 bits per heavy atom. The van der Waals surface area contributed by atoms with Crippen molar-refractivity contribution in [2.24, 2.45) is 0 Å². The van der Waals surface area contributed by atoms with E-state index in [4.69, 9.17) is 0 Å². The minimum absolute atomic E-state index is 0.491. The Kier molecular flexibility index (Phi) is 2.90.